The number of methoxy groups -OCH3 is 1. The van der Waals surface area contributed by atoms with Crippen molar-refractivity contribution in [2.75, 3.05) is 38.7 Å². The van der Waals surface area contributed by atoms with Crippen LogP contribution in [-0.4, -0.2) is 55.0 Å². The smallest absolute Gasteiger partial charge is 0.256 e. The van der Waals surface area contributed by atoms with E-state index in [1.165, 1.54) is 0 Å². The van der Waals surface area contributed by atoms with Crippen molar-refractivity contribution in [2.45, 2.75) is 25.4 Å². The van der Waals surface area contributed by atoms with E-state index in [0.717, 1.165) is 49.2 Å². The van der Waals surface area contributed by atoms with Crippen LogP contribution in [0.2, 0.25) is 0 Å². The molecule has 152 valence electrons. The fraction of sp³-hybridized carbons (Fsp3) is 0.391. The second kappa shape index (κ2) is 8.66. The fourth-order valence-electron chi connectivity index (χ4n) is 4.11. The van der Waals surface area contributed by atoms with Crippen LogP contribution < -0.4 is 5.32 Å². The van der Waals surface area contributed by atoms with Gasteiger partial charge in [0.25, 0.3) is 11.8 Å². The summed E-state index contributed by atoms with van der Waals surface area (Å²) in [4.78, 5) is 29.2. The normalized spacial score (nSPS) is 18.2. The Kier molecular flexibility index (Phi) is 5.81. The van der Waals surface area contributed by atoms with Crippen LogP contribution in [0.3, 0.4) is 0 Å². The van der Waals surface area contributed by atoms with E-state index < -0.39 is 0 Å². The van der Waals surface area contributed by atoms with E-state index in [1.807, 2.05) is 58.3 Å². The average Bonchev–Trinajstić information content (AvgIpc) is 3.38. The summed E-state index contributed by atoms with van der Waals surface area (Å²) < 4.78 is 5.15. The highest BCUT2D eigenvalue weighted by molar-refractivity contribution is 5.99. The van der Waals surface area contributed by atoms with Gasteiger partial charge in [0.1, 0.15) is 6.17 Å². The lowest BCUT2D eigenvalue weighted by atomic mass is 10.1. The molecule has 0 aliphatic carbocycles. The van der Waals surface area contributed by atoms with E-state index in [2.05, 4.69) is 5.32 Å². The molecule has 1 N–H and O–H groups in total. The van der Waals surface area contributed by atoms with Crippen molar-refractivity contribution < 1.29 is 14.3 Å². The summed E-state index contributed by atoms with van der Waals surface area (Å²) >= 11 is 0. The molecule has 0 radical (unpaired) electrons. The predicted molar refractivity (Wildman–Crippen MR) is 112 cm³/mol. The van der Waals surface area contributed by atoms with Crippen LogP contribution in [0.1, 0.15) is 51.7 Å². The van der Waals surface area contributed by atoms with E-state index in [4.69, 9.17) is 4.74 Å². The van der Waals surface area contributed by atoms with E-state index in [0.29, 0.717) is 18.7 Å². The first-order chi connectivity index (χ1) is 14.2. The maximum Gasteiger partial charge on any atom is 0.256 e. The molecule has 0 bridgehead atoms. The Bertz CT molecular complexity index is 875. The largest absolute Gasteiger partial charge is 0.385 e. The molecule has 1 saturated heterocycles. The van der Waals surface area contributed by atoms with Gasteiger partial charge < -0.3 is 19.9 Å². The van der Waals surface area contributed by atoms with Crippen molar-refractivity contribution >= 4 is 17.5 Å². The van der Waals surface area contributed by atoms with Crippen LogP contribution in [0.4, 0.5) is 5.69 Å². The topological polar surface area (TPSA) is 61.9 Å². The summed E-state index contributed by atoms with van der Waals surface area (Å²) in [6.07, 6.45) is 2.71. The Balaban J connectivity index is 1.51. The average molecular weight is 393 g/mol. The molecule has 1 fully saturated rings. The molecule has 1 atom stereocenters. The summed E-state index contributed by atoms with van der Waals surface area (Å²) in [7, 11) is 1.67. The van der Waals surface area contributed by atoms with Crippen molar-refractivity contribution in [3.63, 3.8) is 0 Å². The number of carbonyl (C=O) groups excluding carboxylic acids is 2. The molecule has 6 nitrogen and oxygen atoms in total. The minimum absolute atomic E-state index is 0.0371. The number of fused-ring (bicyclic) bond motifs is 1. The quantitative estimate of drug-likeness (QED) is 0.731. The van der Waals surface area contributed by atoms with Crippen LogP contribution in [0.5, 0.6) is 0 Å². The van der Waals surface area contributed by atoms with Crippen molar-refractivity contribution in [1.82, 2.24) is 9.80 Å². The summed E-state index contributed by atoms with van der Waals surface area (Å²) in [5, 5.41) is 3.48. The fourth-order valence-corrected chi connectivity index (χ4v) is 4.11. The summed E-state index contributed by atoms with van der Waals surface area (Å²) in [6.45, 7) is 2.91. The van der Waals surface area contributed by atoms with E-state index in [9.17, 15) is 9.59 Å². The number of likely N-dealkylation sites (tertiary alicyclic amines) is 1. The van der Waals surface area contributed by atoms with E-state index in [1.54, 1.807) is 7.11 Å². The predicted octanol–water partition coefficient (Wildman–Crippen LogP) is 3.53. The van der Waals surface area contributed by atoms with Gasteiger partial charge in [-0.05, 0) is 49.6 Å². The van der Waals surface area contributed by atoms with Crippen molar-refractivity contribution in [1.29, 1.82) is 0 Å². The monoisotopic (exact) mass is 393 g/mol. The molecule has 0 saturated carbocycles. The number of hydrogen-bond donors (Lipinski definition) is 1. The van der Waals surface area contributed by atoms with Gasteiger partial charge in [-0.2, -0.15) is 0 Å². The Morgan fingerprint density at radius 2 is 1.83 bits per heavy atom. The first-order valence-corrected chi connectivity index (χ1v) is 10.2. The van der Waals surface area contributed by atoms with Gasteiger partial charge in [-0.15, -0.1) is 0 Å². The highest BCUT2D eigenvalue weighted by atomic mass is 16.5. The van der Waals surface area contributed by atoms with Crippen LogP contribution in [-0.2, 0) is 4.74 Å². The Labute approximate surface area is 171 Å². The summed E-state index contributed by atoms with van der Waals surface area (Å²) in [6, 6.07) is 15.3. The zero-order valence-corrected chi connectivity index (χ0v) is 16.8. The van der Waals surface area contributed by atoms with Gasteiger partial charge in [-0.25, -0.2) is 0 Å². The molecule has 2 amide bonds. The number of amides is 2. The van der Waals surface area contributed by atoms with Crippen LogP contribution >= 0.6 is 0 Å². The molecule has 2 aromatic rings. The van der Waals surface area contributed by atoms with Crippen LogP contribution in [0.15, 0.2) is 48.5 Å². The highest BCUT2D eigenvalue weighted by Crippen LogP contribution is 2.34. The SMILES string of the molecule is COCCCN1C(=O)c2ccccc2[C@@H]1Nc1ccc(C(=O)N2CCCC2)cc1. The van der Waals surface area contributed by atoms with Gasteiger partial charge in [0.05, 0.1) is 0 Å². The number of nitrogens with zero attached hydrogens (tertiary/aromatic N) is 2. The third kappa shape index (κ3) is 3.98. The number of nitrogens with one attached hydrogen (secondary N) is 1. The molecule has 6 heteroatoms. The maximum absolute atomic E-state index is 12.9. The molecule has 0 aromatic heterocycles. The van der Waals surface area contributed by atoms with Crippen LogP contribution in [0.25, 0.3) is 0 Å². The molecular weight excluding hydrogens is 366 g/mol. The van der Waals surface area contributed by atoms with Crippen LogP contribution in [0, 0.1) is 0 Å². The van der Waals surface area contributed by atoms with Gasteiger partial charge in [0.15, 0.2) is 0 Å². The number of rotatable bonds is 7. The van der Waals surface area contributed by atoms with Crippen molar-refractivity contribution in [2.24, 2.45) is 0 Å². The van der Waals surface area contributed by atoms with Gasteiger partial charge in [0.2, 0.25) is 0 Å². The first kappa shape index (κ1) is 19.5. The van der Waals surface area contributed by atoms with Gasteiger partial charge in [-0.3, -0.25) is 9.59 Å². The molecule has 2 aliphatic heterocycles. The molecule has 2 aromatic carbocycles. The third-order valence-electron chi connectivity index (χ3n) is 5.63. The lowest BCUT2D eigenvalue weighted by Crippen LogP contribution is -2.33. The number of carbonyl (C=O) groups is 2. The number of anilines is 1. The second-order valence-electron chi connectivity index (χ2n) is 7.56. The van der Waals surface area contributed by atoms with E-state index in [-0.39, 0.29) is 18.0 Å². The zero-order chi connectivity index (χ0) is 20.2. The minimum Gasteiger partial charge on any atom is -0.385 e. The zero-order valence-electron chi connectivity index (χ0n) is 16.8. The number of ether oxygens (including phenoxy) is 1. The lowest BCUT2D eigenvalue weighted by molar-refractivity contribution is 0.0721. The van der Waals surface area contributed by atoms with E-state index >= 15 is 0 Å². The summed E-state index contributed by atoms with van der Waals surface area (Å²) in [5.74, 6) is 0.131. The van der Waals surface area contributed by atoms with Gasteiger partial charge in [-0.1, -0.05) is 18.2 Å². The first-order valence-electron chi connectivity index (χ1n) is 10.2. The van der Waals surface area contributed by atoms with Gasteiger partial charge in [0, 0.05) is 55.7 Å². The summed E-state index contributed by atoms with van der Waals surface area (Å²) in [5.41, 5.74) is 3.31. The second-order valence-corrected chi connectivity index (χ2v) is 7.56. The number of hydrogen-bond acceptors (Lipinski definition) is 4. The Morgan fingerprint density at radius 3 is 2.55 bits per heavy atom. The Morgan fingerprint density at radius 1 is 1.10 bits per heavy atom. The molecule has 29 heavy (non-hydrogen) atoms. The van der Waals surface area contributed by atoms with Gasteiger partial charge >= 0.3 is 0 Å². The third-order valence-corrected chi connectivity index (χ3v) is 5.63. The minimum atomic E-state index is -0.226. The number of benzene rings is 2. The highest BCUT2D eigenvalue weighted by Gasteiger charge is 2.36. The molecular formula is C23H27N3O3. The lowest BCUT2D eigenvalue weighted by Gasteiger charge is -2.27. The molecule has 2 heterocycles. The molecule has 2 aliphatic rings. The molecule has 4 rings (SSSR count). The molecule has 0 unspecified atom stereocenters. The standard InChI is InChI=1S/C23H27N3O3/c1-29-16-6-15-26-21(19-7-2-3-8-20(19)23(26)28)24-18-11-9-17(10-12-18)22(27)25-13-4-5-14-25/h2-3,7-12,21,24H,4-6,13-16H2,1H3/t21-/m1/s1. The van der Waals surface area contributed by atoms with Crippen molar-refractivity contribution in [3.8, 4) is 0 Å². The Hall–Kier alpha value is -2.86. The van der Waals surface area contributed by atoms with Crippen molar-refractivity contribution in [3.05, 3.63) is 65.2 Å². The molecule has 0 spiro atoms. The maximum atomic E-state index is 12.9.